The smallest absolute Gasteiger partial charge is 0.314 e. The van der Waals surface area contributed by atoms with Gasteiger partial charge in [-0.2, -0.15) is 13.8 Å². The number of halogens is 2. The summed E-state index contributed by atoms with van der Waals surface area (Å²) in [5.74, 6) is -0.839. The summed E-state index contributed by atoms with van der Waals surface area (Å²) >= 11 is 0. The highest BCUT2D eigenvalue weighted by Crippen LogP contribution is 2.53. The van der Waals surface area contributed by atoms with Gasteiger partial charge < -0.3 is 24.4 Å². The summed E-state index contributed by atoms with van der Waals surface area (Å²) in [5, 5.41) is 4.21. The number of pyridine rings is 1. The number of alkyl halides is 2. The van der Waals surface area contributed by atoms with Crippen molar-refractivity contribution in [3.63, 3.8) is 0 Å². The van der Waals surface area contributed by atoms with Crippen LogP contribution in [0, 0.1) is 12.8 Å². The number of hydrogen-bond acceptors (Lipinski definition) is 9. The summed E-state index contributed by atoms with van der Waals surface area (Å²) in [6.45, 7) is 16.5. The number of para-hydroxylation sites is 1. The SMILES string of the molecule is Cc1nc(NC(C)c2cccc3c2OC(C)(C)C3(F)F)c2cc(N3CCN(C(C)C)CC3)c(OCC3COC3)nc2n1. The molecule has 1 unspecified atom stereocenters. The molecule has 3 aromatic rings. The number of ether oxygens (including phenoxy) is 3. The monoisotopic (exact) mass is 582 g/mol. The van der Waals surface area contributed by atoms with Crippen LogP contribution in [0.2, 0.25) is 0 Å². The van der Waals surface area contributed by atoms with E-state index in [9.17, 15) is 0 Å². The molecule has 3 aliphatic rings. The van der Waals surface area contributed by atoms with Gasteiger partial charge in [0.1, 0.15) is 23.1 Å². The lowest BCUT2D eigenvalue weighted by Gasteiger charge is -2.38. The molecule has 0 aliphatic carbocycles. The molecule has 11 heteroatoms. The molecule has 0 radical (unpaired) electrons. The van der Waals surface area contributed by atoms with E-state index in [-0.39, 0.29) is 17.4 Å². The lowest BCUT2D eigenvalue weighted by molar-refractivity contribution is -0.127. The van der Waals surface area contributed by atoms with E-state index in [2.05, 4.69) is 40.0 Å². The zero-order chi connectivity index (χ0) is 29.8. The number of benzene rings is 1. The Labute approximate surface area is 245 Å². The van der Waals surface area contributed by atoms with E-state index < -0.39 is 11.5 Å². The lowest BCUT2D eigenvalue weighted by Crippen LogP contribution is -2.49. The van der Waals surface area contributed by atoms with Crippen LogP contribution in [0.15, 0.2) is 24.3 Å². The van der Waals surface area contributed by atoms with Gasteiger partial charge in [-0.05, 0) is 53.7 Å². The van der Waals surface area contributed by atoms with Crippen LogP contribution in [0.3, 0.4) is 0 Å². The largest absolute Gasteiger partial charge is 0.480 e. The maximum atomic E-state index is 15.1. The molecule has 2 aromatic heterocycles. The van der Waals surface area contributed by atoms with Crippen molar-refractivity contribution in [1.82, 2.24) is 19.9 Å². The Balaban J connectivity index is 1.35. The van der Waals surface area contributed by atoms with Gasteiger partial charge in [-0.15, -0.1) is 0 Å². The first kappa shape index (κ1) is 28.8. The number of anilines is 2. The predicted molar refractivity (Wildman–Crippen MR) is 158 cm³/mol. The fourth-order valence-electron chi connectivity index (χ4n) is 5.82. The maximum absolute atomic E-state index is 15.1. The van der Waals surface area contributed by atoms with Crippen molar-refractivity contribution in [1.29, 1.82) is 0 Å². The molecule has 9 nitrogen and oxygen atoms in total. The van der Waals surface area contributed by atoms with Gasteiger partial charge in [0.25, 0.3) is 0 Å². The third-order valence-electron chi connectivity index (χ3n) is 8.61. The van der Waals surface area contributed by atoms with Gasteiger partial charge in [0.15, 0.2) is 11.2 Å². The summed E-state index contributed by atoms with van der Waals surface area (Å²) in [4.78, 5) is 19.0. The molecule has 0 saturated carbocycles. The molecular formula is C31H40F2N6O3. The minimum atomic E-state index is -3.10. The highest BCUT2D eigenvalue weighted by molar-refractivity contribution is 5.90. The van der Waals surface area contributed by atoms with Crippen LogP contribution in [0.4, 0.5) is 20.3 Å². The molecule has 0 amide bonds. The molecular weight excluding hydrogens is 542 g/mol. The van der Waals surface area contributed by atoms with Gasteiger partial charge in [-0.1, -0.05) is 12.1 Å². The summed E-state index contributed by atoms with van der Waals surface area (Å²) in [6, 6.07) is 7.07. The average Bonchev–Trinajstić information content (AvgIpc) is 3.10. The van der Waals surface area contributed by atoms with Gasteiger partial charge in [-0.25, -0.2) is 9.97 Å². The van der Waals surface area contributed by atoms with Crippen LogP contribution in [0.1, 0.15) is 57.6 Å². The van der Waals surface area contributed by atoms with E-state index in [0.29, 0.717) is 60.5 Å². The fourth-order valence-corrected chi connectivity index (χ4v) is 5.82. The van der Waals surface area contributed by atoms with Crippen molar-refractivity contribution in [3.05, 3.63) is 41.2 Å². The van der Waals surface area contributed by atoms with Crippen molar-refractivity contribution in [2.45, 2.75) is 65.1 Å². The number of hydrogen-bond donors (Lipinski definition) is 1. The maximum Gasteiger partial charge on any atom is 0.314 e. The quantitative estimate of drug-likeness (QED) is 0.379. The zero-order valence-electron chi connectivity index (χ0n) is 25.2. The standard InChI is InChI=1S/C31H40F2N6O3/c1-18(2)38-10-12-39(13-11-38)25-14-23-27(35-20(4)36-28(23)37-29(25)41-17-21-15-40-16-21)34-19(3)22-8-7-9-24-26(22)42-30(5,6)31(24,32)33/h7-9,14,18-19,21H,10-13,15-17H2,1-6H3,(H,34,35,36,37). The Morgan fingerprint density at radius 3 is 2.48 bits per heavy atom. The minimum absolute atomic E-state index is 0.0921. The number of aryl methyl sites for hydroxylation is 1. The van der Waals surface area contributed by atoms with Gasteiger partial charge >= 0.3 is 5.92 Å². The van der Waals surface area contributed by atoms with E-state index in [0.717, 1.165) is 37.3 Å². The summed E-state index contributed by atoms with van der Waals surface area (Å²) in [5.41, 5.74) is 0.334. The second-order valence-corrected chi connectivity index (χ2v) is 12.4. The molecule has 1 N–H and O–H groups in total. The topological polar surface area (TPSA) is 84.9 Å². The highest BCUT2D eigenvalue weighted by Gasteiger charge is 2.57. The summed E-state index contributed by atoms with van der Waals surface area (Å²) in [6.07, 6.45) is 0. The van der Waals surface area contributed by atoms with Crippen LogP contribution in [-0.2, 0) is 10.7 Å². The van der Waals surface area contributed by atoms with E-state index in [4.69, 9.17) is 24.2 Å². The predicted octanol–water partition coefficient (Wildman–Crippen LogP) is 5.32. The Hall–Kier alpha value is -3.31. The summed E-state index contributed by atoms with van der Waals surface area (Å²) in [7, 11) is 0. The van der Waals surface area contributed by atoms with Crippen molar-refractivity contribution in [3.8, 4) is 11.6 Å². The van der Waals surface area contributed by atoms with Crippen LogP contribution in [0.25, 0.3) is 11.0 Å². The van der Waals surface area contributed by atoms with Crippen LogP contribution < -0.4 is 19.7 Å². The Kier molecular flexibility index (Phi) is 7.37. The van der Waals surface area contributed by atoms with Crippen LogP contribution >= 0.6 is 0 Å². The van der Waals surface area contributed by atoms with Crippen molar-refractivity contribution in [2.24, 2.45) is 5.92 Å². The number of aromatic nitrogens is 3. The van der Waals surface area contributed by atoms with E-state index in [1.165, 1.54) is 19.9 Å². The Bertz CT molecular complexity index is 1470. The molecule has 2 saturated heterocycles. The molecule has 1 atom stereocenters. The van der Waals surface area contributed by atoms with Crippen LogP contribution in [-0.4, -0.2) is 77.5 Å². The van der Waals surface area contributed by atoms with Gasteiger partial charge in [0.2, 0.25) is 5.88 Å². The molecule has 3 aliphatic heterocycles. The van der Waals surface area contributed by atoms with Crippen LogP contribution in [0.5, 0.6) is 11.6 Å². The summed E-state index contributed by atoms with van der Waals surface area (Å²) < 4.78 is 47.7. The third-order valence-corrected chi connectivity index (χ3v) is 8.61. The first-order valence-corrected chi connectivity index (χ1v) is 14.8. The third kappa shape index (κ3) is 5.10. The fraction of sp³-hybridized carbons (Fsp3) is 0.581. The first-order valence-electron chi connectivity index (χ1n) is 14.8. The van der Waals surface area contributed by atoms with Crippen molar-refractivity contribution < 1.29 is 23.0 Å². The van der Waals surface area contributed by atoms with E-state index >= 15 is 8.78 Å². The number of fused-ring (bicyclic) bond motifs is 2. The number of nitrogens with zero attached hydrogens (tertiary/aromatic N) is 5. The molecule has 6 rings (SSSR count). The second kappa shape index (κ2) is 10.8. The first-order chi connectivity index (χ1) is 19.9. The molecule has 42 heavy (non-hydrogen) atoms. The van der Waals surface area contributed by atoms with Gasteiger partial charge in [0.05, 0.1) is 36.8 Å². The second-order valence-electron chi connectivity index (χ2n) is 12.4. The molecule has 5 heterocycles. The normalized spacial score (nSPS) is 20.7. The van der Waals surface area contributed by atoms with Crippen molar-refractivity contribution >= 4 is 22.5 Å². The Morgan fingerprint density at radius 2 is 1.81 bits per heavy atom. The average molecular weight is 583 g/mol. The minimum Gasteiger partial charge on any atom is -0.480 e. The number of piperazine rings is 1. The Morgan fingerprint density at radius 1 is 1.07 bits per heavy atom. The van der Waals surface area contributed by atoms with E-state index in [1.54, 1.807) is 6.07 Å². The molecule has 0 spiro atoms. The highest BCUT2D eigenvalue weighted by atomic mass is 19.3. The lowest BCUT2D eigenvalue weighted by atomic mass is 9.94. The van der Waals surface area contributed by atoms with Gasteiger partial charge in [-0.3, -0.25) is 4.90 Å². The number of nitrogens with one attached hydrogen (secondary N) is 1. The van der Waals surface area contributed by atoms with Gasteiger partial charge in [0, 0.05) is 43.7 Å². The number of rotatable bonds is 8. The molecule has 226 valence electrons. The zero-order valence-corrected chi connectivity index (χ0v) is 25.2. The van der Waals surface area contributed by atoms with E-state index in [1.807, 2.05) is 19.9 Å². The molecule has 0 bridgehead atoms. The molecule has 2 fully saturated rings. The van der Waals surface area contributed by atoms with Crippen molar-refractivity contribution in [2.75, 3.05) is 56.2 Å². The molecule has 1 aromatic carbocycles.